The molecule has 1 heterocycles. The Balaban J connectivity index is 1.88. The van der Waals surface area contributed by atoms with Gasteiger partial charge in [0, 0.05) is 6.07 Å². The van der Waals surface area contributed by atoms with Crippen LogP contribution in [0.2, 0.25) is 0 Å². The molecular weight excluding hydrogens is 282 g/mol. The third kappa shape index (κ3) is 2.35. The predicted octanol–water partition coefficient (Wildman–Crippen LogP) is 1.92. The summed E-state index contributed by atoms with van der Waals surface area (Å²) >= 11 is 0. The number of sulfonamides is 1. The third-order valence-corrected chi connectivity index (χ3v) is 4.17. The van der Waals surface area contributed by atoms with Gasteiger partial charge < -0.3 is 14.6 Å². The summed E-state index contributed by atoms with van der Waals surface area (Å²) in [5.74, 6) is 1.08. The smallest absolute Gasteiger partial charge is 0.261 e. The van der Waals surface area contributed by atoms with Crippen LogP contribution in [0, 0.1) is 0 Å². The Morgan fingerprint density at radius 2 is 1.70 bits per heavy atom. The molecule has 0 saturated carbocycles. The van der Waals surface area contributed by atoms with Gasteiger partial charge in [-0.1, -0.05) is 0 Å². The van der Waals surface area contributed by atoms with E-state index in [-0.39, 0.29) is 17.4 Å². The lowest BCUT2D eigenvalue weighted by Gasteiger charge is -2.08. The number of benzene rings is 2. The number of anilines is 1. The minimum atomic E-state index is -3.70. The molecule has 7 heteroatoms. The molecule has 2 aromatic rings. The topological polar surface area (TPSA) is 84.9 Å². The molecule has 0 aliphatic carbocycles. The number of phenolic OH excluding ortho intramolecular Hbond substituents is 1. The highest BCUT2D eigenvalue weighted by Crippen LogP contribution is 2.34. The first-order valence-corrected chi connectivity index (χ1v) is 7.24. The van der Waals surface area contributed by atoms with E-state index in [0.29, 0.717) is 17.2 Å². The van der Waals surface area contributed by atoms with E-state index >= 15 is 0 Å². The maximum atomic E-state index is 12.1. The van der Waals surface area contributed by atoms with Gasteiger partial charge in [-0.15, -0.1) is 0 Å². The van der Waals surface area contributed by atoms with Gasteiger partial charge in [0.1, 0.15) is 5.75 Å². The highest BCUT2D eigenvalue weighted by molar-refractivity contribution is 7.92. The van der Waals surface area contributed by atoms with Crippen molar-refractivity contribution in [3.05, 3.63) is 42.5 Å². The van der Waals surface area contributed by atoms with E-state index in [2.05, 4.69) is 4.72 Å². The zero-order valence-electron chi connectivity index (χ0n) is 10.2. The molecule has 0 fully saturated rings. The average Bonchev–Trinajstić information content (AvgIpc) is 2.86. The fourth-order valence-electron chi connectivity index (χ4n) is 1.80. The van der Waals surface area contributed by atoms with Crippen LogP contribution in [0.1, 0.15) is 0 Å². The zero-order chi connectivity index (χ0) is 14.2. The van der Waals surface area contributed by atoms with Gasteiger partial charge in [0.25, 0.3) is 10.0 Å². The predicted molar refractivity (Wildman–Crippen MR) is 71.5 cm³/mol. The SMILES string of the molecule is O=S(=O)(Nc1ccc2c(c1)OCO2)c1ccc(O)cc1. The minimum absolute atomic E-state index is 0.00651. The van der Waals surface area contributed by atoms with E-state index < -0.39 is 10.0 Å². The lowest BCUT2D eigenvalue weighted by Crippen LogP contribution is -2.12. The molecule has 1 aliphatic rings. The molecule has 6 nitrogen and oxygen atoms in total. The third-order valence-electron chi connectivity index (χ3n) is 2.77. The molecule has 0 spiro atoms. The van der Waals surface area contributed by atoms with Crippen molar-refractivity contribution in [2.45, 2.75) is 4.90 Å². The summed E-state index contributed by atoms with van der Waals surface area (Å²) in [4.78, 5) is 0.0629. The Labute approximate surface area is 115 Å². The first kappa shape index (κ1) is 12.6. The van der Waals surface area contributed by atoms with Crippen LogP contribution in [0.5, 0.6) is 17.2 Å². The molecule has 0 radical (unpaired) electrons. The molecule has 2 N–H and O–H groups in total. The van der Waals surface area contributed by atoms with Crippen LogP contribution in [-0.4, -0.2) is 20.3 Å². The van der Waals surface area contributed by atoms with Crippen molar-refractivity contribution in [2.24, 2.45) is 0 Å². The van der Waals surface area contributed by atoms with Crippen molar-refractivity contribution in [1.82, 2.24) is 0 Å². The Morgan fingerprint density at radius 3 is 2.45 bits per heavy atom. The van der Waals surface area contributed by atoms with Crippen molar-refractivity contribution in [2.75, 3.05) is 11.5 Å². The van der Waals surface area contributed by atoms with Crippen molar-refractivity contribution in [1.29, 1.82) is 0 Å². The zero-order valence-corrected chi connectivity index (χ0v) is 11.1. The maximum Gasteiger partial charge on any atom is 0.261 e. The molecule has 104 valence electrons. The normalized spacial score (nSPS) is 13.2. The van der Waals surface area contributed by atoms with Crippen LogP contribution < -0.4 is 14.2 Å². The summed E-state index contributed by atoms with van der Waals surface area (Å²) in [5.41, 5.74) is 0.377. The summed E-state index contributed by atoms with van der Waals surface area (Å²) in [6, 6.07) is 10.1. The Morgan fingerprint density at radius 1 is 1.00 bits per heavy atom. The van der Waals surface area contributed by atoms with Gasteiger partial charge in [-0.2, -0.15) is 0 Å². The van der Waals surface area contributed by atoms with Crippen LogP contribution in [0.15, 0.2) is 47.4 Å². The molecule has 0 atom stereocenters. The molecule has 0 aromatic heterocycles. The van der Waals surface area contributed by atoms with Gasteiger partial charge >= 0.3 is 0 Å². The highest BCUT2D eigenvalue weighted by atomic mass is 32.2. The summed E-state index contributed by atoms with van der Waals surface area (Å²) in [6.45, 7) is 0.128. The Hall–Kier alpha value is -2.41. The number of nitrogens with one attached hydrogen (secondary N) is 1. The second-order valence-corrected chi connectivity index (χ2v) is 5.85. The summed E-state index contributed by atoms with van der Waals surface area (Å²) in [5, 5.41) is 9.17. The van der Waals surface area contributed by atoms with Crippen LogP contribution in [-0.2, 0) is 10.0 Å². The number of aromatic hydroxyl groups is 1. The van der Waals surface area contributed by atoms with Gasteiger partial charge in [0.05, 0.1) is 10.6 Å². The van der Waals surface area contributed by atoms with Crippen molar-refractivity contribution in [3.8, 4) is 17.2 Å². The van der Waals surface area contributed by atoms with Crippen molar-refractivity contribution < 1.29 is 23.0 Å². The van der Waals surface area contributed by atoms with Crippen molar-refractivity contribution >= 4 is 15.7 Å². The van der Waals surface area contributed by atoms with E-state index in [1.165, 1.54) is 24.3 Å². The Kier molecular flexibility index (Phi) is 2.90. The number of hydrogen-bond acceptors (Lipinski definition) is 5. The van der Waals surface area contributed by atoms with E-state index in [9.17, 15) is 13.5 Å². The van der Waals surface area contributed by atoms with Crippen LogP contribution in [0.25, 0.3) is 0 Å². The number of fused-ring (bicyclic) bond motifs is 1. The molecule has 0 amide bonds. The van der Waals surface area contributed by atoms with E-state index in [0.717, 1.165) is 0 Å². The molecule has 2 aromatic carbocycles. The number of rotatable bonds is 3. The Bertz CT molecular complexity index is 740. The first-order chi connectivity index (χ1) is 9.54. The van der Waals surface area contributed by atoms with Gasteiger partial charge in [0.15, 0.2) is 11.5 Å². The average molecular weight is 293 g/mol. The molecule has 0 unspecified atom stereocenters. The first-order valence-electron chi connectivity index (χ1n) is 5.76. The van der Waals surface area contributed by atoms with E-state index in [1.54, 1.807) is 18.2 Å². The van der Waals surface area contributed by atoms with Crippen LogP contribution in [0.3, 0.4) is 0 Å². The number of ether oxygens (including phenoxy) is 2. The standard InChI is InChI=1S/C13H11NO5S/c15-10-2-4-11(5-3-10)20(16,17)14-9-1-6-12-13(7-9)19-8-18-12/h1-7,14-15H,8H2. The molecular formula is C13H11NO5S. The lowest BCUT2D eigenvalue weighted by molar-refractivity contribution is 0.174. The number of phenols is 1. The summed E-state index contributed by atoms with van der Waals surface area (Å²) in [6.07, 6.45) is 0. The molecule has 20 heavy (non-hydrogen) atoms. The maximum absolute atomic E-state index is 12.1. The second kappa shape index (κ2) is 4.61. The molecule has 1 aliphatic heterocycles. The lowest BCUT2D eigenvalue weighted by atomic mass is 10.3. The van der Waals surface area contributed by atoms with Crippen molar-refractivity contribution in [3.63, 3.8) is 0 Å². The van der Waals surface area contributed by atoms with E-state index in [1.807, 2.05) is 0 Å². The van der Waals surface area contributed by atoms with Gasteiger partial charge in [0.2, 0.25) is 6.79 Å². The summed E-state index contributed by atoms with van der Waals surface area (Å²) < 4.78 is 37.1. The second-order valence-electron chi connectivity index (χ2n) is 4.17. The fraction of sp³-hybridized carbons (Fsp3) is 0.0769. The van der Waals surface area contributed by atoms with Crippen LogP contribution in [0.4, 0.5) is 5.69 Å². The molecule has 3 rings (SSSR count). The monoisotopic (exact) mass is 293 g/mol. The quantitative estimate of drug-likeness (QED) is 0.903. The van der Waals surface area contributed by atoms with Crippen LogP contribution >= 0.6 is 0 Å². The van der Waals surface area contributed by atoms with Gasteiger partial charge in [-0.05, 0) is 36.4 Å². The highest BCUT2D eigenvalue weighted by Gasteiger charge is 2.17. The van der Waals surface area contributed by atoms with Gasteiger partial charge in [-0.25, -0.2) is 8.42 Å². The minimum Gasteiger partial charge on any atom is -0.508 e. The fourth-order valence-corrected chi connectivity index (χ4v) is 2.85. The molecule has 0 bridgehead atoms. The summed E-state index contributed by atoms with van der Waals surface area (Å²) in [7, 11) is -3.70. The molecule has 0 saturated heterocycles. The van der Waals surface area contributed by atoms with Gasteiger partial charge in [-0.3, -0.25) is 4.72 Å². The van der Waals surface area contributed by atoms with E-state index in [4.69, 9.17) is 9.47 Å². The number of hydrogen-bond donors (Lipinski definition) is 2. The largest absolute Gasteiger partial charge is 0.508 e.